The van der Waals surface area contributed by atoms with Crippen LogP contribution >= 0.6 is 0 Å². The number of carbonyl (C=O) groups is 1. The van der Waals surface area contributed by atoms with Crippen molar-refractivity contribution in [2.45, 2.75) is 33.0 Å². The van der Waals surface area contributed by atoms with Gasteiger partial charge in [-0.15, -0.1) is 0 Å². The smallest absolute Gasteiger partial charge is 0.319 e. The summed E-state index contributed by atoms with van der Waals surface area (Å²) >= 11 is 0. The van der Waals surface area contributed by atoms with Crippen LogP contribution in [0, 0.1) is 6.92 Å². The molecule has 170 valence electrons. The Hall–Kier alpha value is -4.02. The summed E-state index contributed by atoms with van der Waals surface area (Å²) in [6.45, 7) is 5.44. The van der Waals surface area contributed by atoms with Crippen LogP contribution in [0.3, 0.4) is 0 Å². The zero-order valence-electron chi connectivity index (χ0n) is 17.9. The predicted molar refractivity (Wildman–Crippen MR) is 115 cm³/mol. The molecule has 0 spiro atoms. The van der Waals surface area contributed by atoms with Crippen LogP contribution in [0.15, 0.2) is 53.6 Å². The van der Waals surface area contributed by atoms with Crippen molar-refractivity contribution < 1.29 is 18.0 Å². The first-order chi connectivity index (χ1) is 15.5. The van der Waals surface area contributed by atoms with E-state index in [1.54, 1.807) is 16.9 Å². The molecule has 0 aliphatic rings. The van der Waals surface area contributed by atoms with E-state index in [4.69, 9.17) is 0 Å². The number of aromatic nitrogens is 5. The van der Waals surface area contributed by atoms with Gasteiger partial charge in [-0.05, 0) is 45.0 Å². The topological polar surface area (TPSA) is 94.7 Å². The normalized spacial score (nSPS) is 11.8. The fraction of sp³-hybridized carbons (Fsp3) is 0.227. The summed E-state index contributed by atoms with van der Waals surface area (Å²) in [6, 6.07) is 7.38. The Kier molecular flexibility index (Phi) is 5.48. The Bertz CT molecular complexity index is 1420. The molecule has 3 aromatic heterocycles. The molecule has 11 heteroatoms. The molecule has 0 saturated heterocycles. The maximum absolute atomic E-state index is 13.1. The largest absolute Gasteiger partial charge is 0.416 e. The van der Waals surface area contributed by atoms with Gasteiger partial charge < -0.3 is 5.32 Å². The molecule has 0 aliphatic carbocycles. The van der Waals surface area contributed by atoms with Gasteiger partial charge in [-0.2, -0.15) is 23.4 Å². The Morgan fingerprint density at radius 3 is 2.58 bits per heavy atom. The molecule has 4 rings (SSSR count). The number of anilines is 1. The Balaban J connectivity index is 1.68. The number of fused-ring (bicyclic) bond motifs is 1. The van der Waals surface area contributed by atoms with Crippen molar-refractivity contribution in [3.05, 3.63) is 76.0 Å². The first kappa shape index (κ1) is 22.2. The maximum Gasteiger partial charge on any atom is 0.416 e. The van der Waals surface area contributed by atoms with E-state index in [9.17, 15) is 22.8 Å². The second-order valence-corrected chi connectivity index (χ2v) is 7.73. The number of nitrogens with one attached hydrogen (secondary N) is 1. The van der Waals surface area contributed by atoms with E-state index >= 15 is 0 Å². The SMILES string of the molecule is Cc1cc(=O)c(C(=O)Nc2cnc3c(cnn3C(C)C)c2)nn1-c1cccc(C(F)(F)F)c1. The number of amides is 1. The number of aryl methyl sites for hydroxylation is 1. The molecule has 4 aromatic rings. The number of benzene rings is 1. The zero-order valence-corrected chi connectivity index (χ0v) is 17.9. The molecule has 3 heterocycles. The van der Waals surface area contributed by atoms with Gasteiger partial charge in [0.25, 0.3) is 5.91 Å². The minimum absolute atomic E-state index is 0.0700. The van der Waals surface area contributed by atoms with Crippen LogP contribution in [-0.2, 0) is 6.18 Å². The van der Waals surface area contributed by atoms with Crippen molar-refractivity contribution >= 4 is 22.6 Å². The average molecular weight is 456 g/mol. The summed E-state index contributed by atoms with van der Waals surface area (Å²) in [5.74, 6) is -0.807. The molecule has 0 fully saturated rings. The maximum atomic E-state index is 13.1. The Morgan fingerprint density at radius 1 is 1.12 bits per heavy atom. The van der Waals surface area contributed by atoms with E-state index in [2.05, 4.69) is 20.5 Å². The first-order valence-electron chi connectivity index (χ1n) is 9.98. The molecule has 1 N–H and O–H groups in total. The van der Waals surface area contributed by atoms with E-state index in [0.29, 0.717) is 16.7 Å². The van der Waals surface area contributed by atoms with Crippen LogP contribution in [-0.4, -0.2) is 30.5 Å². The highest BCUT2D eigenvalue weighted by Gasteiger charge is 2.30. The summed E-state index contributed by atoms with van der Waals surface area (Å²) < 4.78 is 42.2. The molecule has 8 nitrogen and oxygen atoms in total. The molecule has 0 unspecified atom stereocenters. The van der Waals surface area contributed by atoms with Gasteiger partial charge >= 0.3 is 6.18 Å². The first-order valence-corrected chi connectivity index (χ1v) is 9.98. The van der Waals surface area contributed by atoms with Crippen LogP contribution in [0.2, 0.25) is 0 Å². The average Bonchev–Trinajstić information content (AvgIpc) is 3.17. The number of carbonyl (C=O) groups excluding carboxylic acids is 1. The third-order valence-electron chi connectivity index (χ3n) is 4.92. The summed E-state index contributed by atoms with van der Waals surface area (Å²) in [5, 5.41) is 11.6. The summed E-state index contributed by atoms with van der Waals surface area (Å²) in [4.78, 5) is 29.5. The molecule has 0 atom stereocenters. The third kappa shape index (κ3) is 4.34. The number of nitrogens with zero attached hydrogens (tertiary/aromatic N) is 5. The highest BCUT2D eigenvalue weighted by Crippen LogP contribution is 2.30. The number of halogens is 3. The molecule has 1 aromatic carbocycles. The lowest BCUT2D eigenvalue weighted by molar-refractivity contribution is -0.137. The highest BCUT2D eigenvalue weighted by atomic mass is 19.4. The van der Waals surface area contributed by atoms with Crippen molar-refractivity contribution in [2.75, 3.05) is 5.32 Å². The molecule has 0 radical (unpaired) electrons. The lowest BCUT2D eigenvalue weighted by Gasteiger charge is -2.13. The van der Waals surface area contributed by atoms with Crippen molar-refractivity contribution in [2.24, 2.45) is 0 Å². The molecule has 0 saturated carbocycles. The summed E-state index contributed by atoms with van der Waals surface area (Å²) in [7, 11) is 0. The monoisotopic (exact) mass is 456 g/mol. The second kappa shape index (κ2) is 8.15. The van der Waals surface area contributed by atoms with Crippen LogP contribution in [0.1, 0.15) is 41.6 Å². The van der Waals surface area contributed by atoms with Crippen molar-refractivity contribution in [1.29, 1.82) is 0 Å². The van der Waals surface area contributed by atoms with Gasteiger partial charge in [-0.1, -0.05) is 6.07 Å². The Labute approximate surface area is 185 Å². The number of hydrogen-bond acceptors (Lipinski definition) is 5. The second-order valence-electron chi connectivity index (χ2n) is 7.73. The van der Waals surface area contributed by atoms with Crippen LogP contribution < -0.4 is 10.7 Å². The minimum Gasteiger partial charge on any atom is -0.319 e. The summed E-state index contributed by atoms with van der Waals surface area (Å²) in [6.07, 6.45) is -1.50. The lowest BCUT2D eigenvalue weighted by Crippen LogP contribution is -2.27. The van der Waals surface area contributed by atoms with Crippen LogP contribution in [0.5, 0.6) is 0 Å². The van der Waals surface area contributed by atoms with E-state index in [0.717, 1.165) is 22.9 Å². The highest BCUT2D eigenvalue weighted by molar-refractivity contribution is 6.03. The Morgan fingerprint density at radius 2 is 1.88 bits per heavy atom. The number of rotatable bonds is 4. The van der Waals surface area contributed by atoms with Crippen LogP contribution in [0.25, 0.3) is 16.7 Å². The van der Waals surface area contributed by atoms with Gasteiger partial charge in [0.2, 0.25) is 5.43 Å². The van der Waals surface area contributed by atoms with E-state index < -0.39 is 28.8 Å². The molecule has 0 aliphatic heterocycles. The fourth-order valence-electron chi connectivity index (χ4n) is 3.36. The van der Waals surface area contributed by atoms with Gasteiger partial charge in [0, 0.05) is 23.2 Å². The zero-order chi connectivity index (χ0) is 23.9. The van der Waals surface area contributed by atoms with E-state index in [1.165, 1.54) is 25.3 Å². The number of alkyl halides is 3. The molecule has 0 bridgehead atoms. The summed E-state index contributed by atoms with van der Waals surface area (Å²) in [5.41, 5.74) is -0.676. The third-order valence-corrected chi connectivity index (χ3v) is 4.92. The van der Waals surface area contributed by atoms with Gasteiger partial charge in [0.1, 0.15) is 0 Å². The molecular formula is C22H19F3N6O2. The molecule has 33 heavy (non-hydrogen) atoms. The van der Waals surface area contributed by atoms with Crippen molar-refractivity contribution in [3.8, 4) is 5.69 Å². The molecular weight excluding hydrogens is 437 g/mol. The minimum atomic E-state index is -4.54. The van der Waals surface area contributed by atoms with Gasteiger partial charge in [0.05, 0.1) is 29.3 Å². The van der Waals surface area contributed by atoms with Gasteiger partial charge in [-0.25, -0.2) is 14.3 Å². The fourth-order valence-corrected chi connectivity index (χ4v) is 3.36. The van der Waals surface area contributed by atoms with Crippen molar-refractivity contribution in [3.63, 3.8) is 0 Å². The standard InChI is InChI=1S/C22H19F3N6O2/c1-12(2)30-20-14(10-27-30)8-16(11-26-20)28-21(33)19-18(32)7-13(3)31(29-19)17-6-4-5-15(9-17)22(23,24)25/h4-12H,1-3H3,(H,28,33). The van der Waals surface area contributed by atoms with Gasteiger partial charge in [-0.3, -0.25) is 9.59 Å². The predicted octanol–water partition coefficient (Wildman–Crippen LogP) is 4.14. The van der Waals surface area contributed by atoms with E-state index in [-0.39, 0.29) is 17.4 Å². The van der Waals surface area contributed by atoms with E-state index in [1.807, 2.05) is 13.8 Å². The van der Waals surface area contributed by atoms with Crippen molar-refractivity contribution in [1.82, 2.24) is 24.5 Å². The number of hydrogen-bond donors (Lipinski definition) is 1. The quantitative estimate of drug-likeness (QED) is 0.498. The lowest BCUT2D eigenvalue weighted by atomic mass is 10.2. The van der Waals surface area contributed by atoms with Gasteiger partial charge in [0.15, 0.2) is 11.3 Å². The molecule has 1 amide bonds. The van der Waals surface area contributed by atoms with Crippen LogP contribution in [0.4, 0.5) is 18.9 Å². The number of pyridine rings is 1.